The first-order valence-electron chi connectivity index (χ1n) is 5.63. The summed E-state index contributed by atoms with van der Waals surface area (Å²) in [6.07, 6.45) is 0. The zero-order chi connectivity index (χ0) is 13.0. The van der Waals surface area contributed by atoms with E-state index in [1.165, 1.54) is 7.11 Å². The summed E-state index contributed by atoms with van der Waals surface area (Å²) in [4.78, 5) is 20.4. The lowest BCUT2D eigenvalue weighted by Gasteiger charge is -2.07. The third-order valence-electron chi connectivity index (χ3n) is 2.71. The first-order chi connectivity index (χ1) is 8.72. The van der Waals surface area contributed by atoms with Gasteiger partial charge in [0.2, 0.25) is 0 Å². The van der Waals surface area contributed by atoms with Crippen molar-refractivity contribution in [2.24, 2.45) is 0 Å². The molecule has 0 spiro atoms. The number of carbonyl (C=O) groups excluding carboxylic acids is 1. The van der Waals surface area contributed by atoms with Crippen molar-refractivity contribution in [3.8, 4) is 11.1 Å². The Kier molecular flexibility index (Phi) is 3.75. The predicted octanol–water partition coefficient (Wildman–Crippen LogP) is 3.38. The summed E-state index contributed by atoms with van der Waals surface area (Å²) >= 11 is 0. The molecule has 3 heteroatoms. The summed E-state index contributed by atoms with van der Waals surface area (Å²) in [5.41, 5.74) is 3.73. The number of hydrogen-bond acceptors (Lipinski definition) is 3. The Morgan fingerprint density at radius 1 is 1.06 bits per heavy atom. The first kappa shape index (κ1) is 12.3. The Bertz CT molecular complexity index is 547. The van der Waals surface area contributed by atoms with E-state index in [2.05, 4.69) is 9.78 Å². The van der Waals surface area contributed by atoms with E-state index in [9.17, 15) is 4.79 Å². The molecule has 0 bridgehead atoms. The number of hydrogen-bond donors (Lipinski definition) is 0. The maximum absolute atomic E-state index is 11.5. The van der Waals surface area contributed by atoms with Gasteiger partial charge in [0.1, 0.15) is 0 Å². The SMILES string of the molecule is COOC(=O)c1ccc(-c2ccccc2)c(C)c1. The highest BCUT2D eigenvalue weighted by molar-refractivity contribution is 5.90. The smallest absolute Gasteiger partial charge is 0.293 e. The van der Waals surface area contributed by atoms with Crippen LogP contribution in [0.15, 0.2) is 48.5 Å². The molecular formula is C15H14O3. The standard InChI is InChI=1S/C15H14O3/c1-11-10-13(15(16)18-17-2)8-9-14(11)12-6-4-3-5-7-12/h3-10H,1-2H3. The maximum atomic E-state index is 11.5. The average Bonchev–Trinajstić information content (AvgIpc) is 2.40. The topological polar surface area (TPSA) is 35.5 Å². The highest BCUT2D eigenvalue weighted by Crippen LogP contribution is 2.24. The summed E-state index contributed by atoms with van der Waals surface area (Å²) in [5.74, 6) is -0.486. The van der Waals surface area contributed by atoms with Crippen LogP contribution in [0.4, 0.5) is 0 Å². The second kappa shape index (κ2) is 5.47. The van der Waals surface area contributed by atoms with Crippen molar-refractivity contribution >= 4 is 5.97 Å². The molecule has 0 saturated heterocycles. The van der Waals surface area contributed by atoms with Crippen LogP contribution in [0.5, 0.6) is 0 Å². The molecule has 0 aliphatic rings. The van der Waals surface area contributed by atoms with E-state index in [1.807, 2.05) is 43.3 Å². The number of aryl methyl sites for hydroxylation is 1. The van der Waals surface area contributed by atoms with Crippen LogP contribution in [-0.2, 0) is 9.78 Å². The molecule has 18 heavy (non-hydrogen) atoms. The molecule has 0 amide bonds. The van der Waals surface area contributed by atoms with Crippen LogP contribution in [0.1, 0.15) is 15.9 Å². The van der Waals surface area contributed by atoms with E-state index in [-0.39, 0.29) is 0 Å². The van der Waals surface area contributed by atoms with E-state index in [0.717, 1.165) is 16.7 Å². The summed E-state index contributed by atoms with van der Waals surface area (Å²) in [6, 6.07) is 15.5. The van der Waals surface area contributed by atoms with E-state index in [1.54, 1.807) is 12.1 Å². The van der Waals surface area contributed by atoms with Gasteiger partial charge in [-0.05, 0) is 35.7 Å². The van der Waals surface area contributed by atoms with Crippen molar-refractivity contribution in [1.82, 2.24) is 0 Å². The maximum Gasteiger partial charge on any atom is 0.373 e. The van der Waals surface area contributed by atoms with Crippen molar-refractivity contribution in [1.29, 1.82) is 0 Å². The van der Waals surface area contributed by atoms with Gasteiger partial charge in [-0.25, -0.2) is 4.79 Å². The van der Waals surface area contributed by atoms with Crippen molar-refractivity contribution in [2.75, 3.05) is 7.11 Å². The fourth-order valence-electron chi connectivity index (χ4n) is 1.86. The lowest BCUT2D eigenvalue weighted by molar-refractivity contribution is -0.216. The molecule has 0 aromatic heterocycles. The van der Waals surface area contributed by atoms with Gasteiger partial charge in [-0.3, -0.25) is 4.89 Å². The fraction of sp³-hybridized carbons (Fsp3) is 0.133. The van der Waals surface area contributed by atoms with Gasteiger partial charge in [0.25, 0.3) is 0 Å². The Morgan fingerprint density at radius 2 is 1.78 bits per heavy atom. The van der Waals surface area contributed by atoms with Crippen LogP contribution in [0.2, 0.25) is 0 Å². The third-order valence-corrected chi connectivity index (χ3v) is 2.71. The molecule has 3 nitrogen and oxygen atoms in total. The number of benzene rings is 2. The zero-order valence-electron chi connectivity index (χ0n) is 10.3. The van der Waals surface area contributed by atoms with Gasteiger partial charge in [-0.1, -0.05) is 36.4 Å². The zero-order valence-corrected chi connectivity index (χ0v) is 10.3. The lowest BCUT2D eigenvalue weighted by atomic mass is 9.98. The molecule has 2 aromatic rings. The number of carbonyl (C=O) groups is 1. The quantitative estimate of drug-likeness (QED) is 0.611. The molecule has 0 unspecified atom stereocenters. The van der Waals surface area contributed by atoms with Crippen molar-refractivity contribution in [2.45, 2.75) is 6.92 Å². The first-order valence-corrected chi connectivity index (χ1v) is 5.63. The lowest BCUT2D eigenvalue weighted by Crippen LogP contribution is -2.04. The average molecular weight is 242 g/mol. The molecule has 2 aromatic carbocycles. The van der Waals surface area contributed by atoms with E-state index in [0.29, 0.717) is 5.56 Å². The molecule has 0 aliphatic carbocycles. The molecular weight excluding hydrogens is 228 g/mol. The summed E-state index contributed by atoms with van der Waals surface area (Å²) in [6.45, 7) is 1.96. The Hall–Kier alpha value is -2.13. The number of rotatable bonds is 3. The van der Waals surface area contributed by atoms with Crippen LogP contribution in [0.3, 0.4) is 0 Å². The van der Waals surface area contributed by atoms with E-state index in [4.69, 9.17) is 0 Å². The van der Waals surface area contributed by atoms with Gasteiger partial charge < -0.3 is 0 Å². The van der Waals surface area contributed by atoms with Crippen molar-refractivity contribution < 1.29 is 14.6 Å². The molecule has 0 aliphatic heterocycles. The molecule has 0 radical (unpaired) electrons. The minimum atomic E-state index is -0.486. The van der Waals surface area contributed by atoms with Crippen molar-refractivity contribution in [3.05, 3.63) is 59.7 Å². The Labute approximate surface area is 106 Å². The molecule has 0 atom stereocenters. The Morgan fingerprint density at radius 3 is 2.39 bits per heavy atom. The molecule has 0 saturated carbocycles. The van der Waals surface area contributed by atoms with Crippen molar-refractivity contribution in [3.63, 3.8) is 0 Å². The van der Waals surface area contributed by atoms with Gasteiger partial charge in [0.15, 0.2) is 0 Å². The van der Waals surface area contributed by atoms with E-state index >= 15 is 0 Å². The molecule has 0 fully saturated rings. The summed E-state index contributed by atoms with van der Waals surface area (Å²) in [5, 5.41) is 0. The minimum Gasteiger partial charge on any atom is -0.293 e. The fourth-order valence-corrected chi connectivity index (χ4v) is 1.86. The molecule has 2 rings (SSSR count). The molecule has 92 valence electrons. The van der Waals surface area contributed by atoms with Crippen LogP contribution >= 0.6 is 0 Å². The van der Waals surface area contributed by atoms with Gasteiger partial charge >= 0.3 is 5.97 Å². The van der Waals surface area contributed by atoms with Gasteiger partial charge in [-0.15, -0.1) is 0 Å². The molecule has 0 N–H and O–H groups in total. The Balaban J connectivity index is 2.34. The van der Waals surface area contributed by atoms with Crippen LogP contribution in [-0.4, -0.2) is 13.1 Å². The summed E-state index contributed by atoms with van der Waals surface area (Å²) < 4.78 is 0. The monoisotopic (exact) mass is 242 g/mol. The second-order valence-corrected chi connectivity index (χ2v) is 3.93. The van der Waals surface area contributed by atoms with Gasteiger partial charge in [0, 0.05) is 0 Å². The van der Waals surface area contributed by atoms with Gasteiger partial charge in [-0.2, -0.15) is 4.89 Å². The highest BCUT2D eigenvalue weighted by atomic mass is 17.2. The van der Waals surface area contributed by atoms with Crippen LogP contribution in [0, 0.1) is 6.92 Å². The largest absolute Gasteiger partial charge is 0.373 e. The van der Waals surface area contributed by atoms with Crippen LogP contribution < -0.4 is 0 Å². The minimum absolute atomic E-state index is 0.481. The summed E-state index contributed by atoms with van der Waals surface area (Å²) in [7, 11) is 1.31. The molecule has 0 heterocycles. The predicted molar refractivity (Wildman–Crippen MR) is 69.0 cm³/mol. The normalized spacial score (nSPS) is 10.1. The van der Waals surface area contributed by atoms with Crippen LogP contribution in [0.25, 0.3) is 11.1 Å². The third kappa shape index (κ3) is 2.57. The van der Waals surface area contributed by atoms with E-state index < -0.39 is 5.97 Å². The second-order valence-electron chi connectivity index (χ2n) is 3.93. The highest BCUT2D eigenvalue weighted by Gasteiger charge is 2.10. The van der Waals surface area contributed by atoms with Gasteiger partial charge in [0.05, 0.1) is 12.7 Å².